The van der Waals surface area contributed by atoms with Crippen molar-refractivity contribution in [3.8, 4) is 5.75 Å². The second-order valence-electron chi connectivity index (χ2n) is 7.89. The van der Waals surface area contributed by atoms with Crippen molar-refractivity contribution in [1.29, 1.82) is 0 Å². The summed E-state index contributed by atoms with van der Waals surface area (Å²) in [6, 6.07) is 3.46. The molecule has 2 fully saturated rings. The molecule has 1 aromatic rings. The maximum atomic E-state index is 12.9. The van der Waals surface area contributed by atoms with Crippen molar-refractivity contribution in [3.63, 3.8) is 0 Å². The van der Waals surface area contributed by atoms with Gasteiger partial charge in [-0.25, -0.2) is 0 Å². The topological polar surface area (TPSA) is 64.4 Å². The summed E-state index contributed by atoms with van der Waals surface area (Å²) >= 11 is 6.12. The van der Waals surface area contributed by atoms with Crippen LogP contribution in [0.2, 0.25) is 5.02 Å². The smallest absolute Gasteiger partial charge is 0.255 e. The number of nitrogens with two attached hydrogens (primary N) is 1. The average molecular weight is 461 g/mol. The lowest BCUT2D eigenvalue weighted by Crippen LogP contribution is -3.00. The number of unbranched alkanes of at least 4 members (excludes halogenated alkanes) is 1. The van der Waals surface area contributed by atoms with Crippen LogP contribution in [0.3, 0.4) is 0 Å². The van der Waals surface area contributed by atoms with Gasteiger partial charge in [0, 0.05) is 24.4 Å². The number of nitrogen functional groups attached to an aromatic ring is 1. The first kappa shape index (κ1) is 22.3. The molecule has 5 nitrogen and oxygen atoms in total. The Hall–Kier alpha value is -0.980. The summed E-state index contributed by atoms with van der Waals surface area (Å²) in [4.78, 5) is 12.9. The minimum absolute atomic E-state index is 0. The molecule has 2 aliphatic rings. The number of rotatable bonds is 6. The van der Waals surface area contributed by atoms with E-state index >= 15 is 0 Å². The number of ether oxygens (including phenoxy) is 1. The number of carbonyl (C=O) groups excluding carboxylic acids is 1. The van der Waals surface area contributed by atoms with Gasteiger partial charge in [0.1, 0.15) is 5.75 Å². The monoisotopic (exact) mass is 459 g/mol. The Labute approximate surface area is 177 Å². The minimum Gasteiger partial charge on any atom is -1.00 e. The molecule has 3 unspecified atom stereocenters. The number of methoxy groups -OCH3 is 1. The predicted octanol–water partition coefficient (Wildman–Crippen LogP) is 0.464. The number of fused-ring (bicyclic) bond motifs is 2. The lowest BCUT2D eigenvalue weighted by Gasteiger charge is -2.51. The molecule has 1 amide bonds. The molecule has 2 saturated heterocycles. The van der Waals surface area contributed by atoms with Gasteiger partial charge in [-0.3, -0.25) is 4.79 Å². The lowest BCUT2D eigenvalue weighted by molar-refractivity contribution is -0.941. The van der Waals surface area contributed by atoms with Crippen LogP contribution in [0.4, 0.5) is 5.69 Å². The summed E-state index contributed by atoms with van der Waals surface area (Å²) in [7, 11) is 1.54. The summed E-state index contributed by atoms with van der Waals surface area (Å²) in [5.74, 6) is 0.915. The molecule has 2 aliphatic heterocycles. The second-order valence-corrected chi connectivity index (χ2v) is 8.30. The Morgan fingerprint density at radius 2 is 2.15 bits per heavy atom. The van der Waals surface area contributed by atoms with E-state index in [-0.39, 0.29) is 28.9 Å². The zero-order valence-electron chi connectivity index (χ0n) is 16.3. The molecule has 0 spiro atoms. The zero-order valence-corrected chi connectivity index (χ0v) is 18.6. The maximum absolute atomic E-state index is 12.9. The molecule has 27 heavy (non-hydrogen) atoms. The number of nitrogens with zero attached hydrogens (tertiary/aromatic N) is 1. The van der Waals surface area contributed by atoms with E-state index in [0.29, 0.717) is 27.9 Å². The fourth-order valence-electron chi connectivity index (χ4n) is 4.71. The van der Waals surface area contributed by atoms with E-state index in [4.69, 9.17) is 22.1 Å². The fraction of sp³-hybridized carbons (Fsp3) is 0.650. The van der Waals surface area contributed by atoms with Gasteiger partial charge in [0.2, 0.25) is 0 Å². The van der Waals surface area contributed by atoms with Crippen LogP contribution in [-0.2, 0) is 0 Å². The Morgan fingerprint density at radius 1 is 1.37 bits per heavy atom. The molecular formula is C20H31BrClN3O2. The van der Waals surface area contributed by atoms with Crippen LogP contribution in [0.5, 0.6) is 5.75 Å². The number of halogens is 2. The number of benzene rings is 1. The normalized spacial score (nSPS) is 26.8. The van der Waals surface area contributed by atoms with Crippen molar-refractivity contribution in [2.75, 3.05) is 39.0 Å². The van der Waals surface area contributed by atoms with Gasteiger partial charge in [-0.1, -0.05) is 24.9 Å². The largest absolute Gasteiger partial charge is 1.00 e. The average Bonchev–Trinajstić information content (AvgIpc) is 2.64. The maximum Gasteiger partial charge on any atom is 0.255 e. The highest BCUT2D eigenvalue weighted by molar-refractivity contribution is 6.33. The molecule has 0 aromatic heterocycles. The zero-order chi connectivity index (χ0) is 18.7. The van der Waals surface area contributed by atoms with E-state index in [2.05, 4.69) is 12.2 Å². The van der Waals surface area contributed by atoms with E-state index in [0.717, 1.165) is 6.42 Å². The van der Waals surface area contributed by atoms with Crippen LogP contribution in [-0.4, -0.2) is 49.7 Å². The van der Waals surface area contributed by atoms with E-state index in [1.807, 2.05) is 0 Å². The molecule has 7 heteroatoms. The van der Waals surface area contributed by atoms with Crippen molar-refractivity contribution in [3.05, 3.63) is 22.7 Å². The number of quaternary nitrogens is 1. The summed E-state index contributed by atoms with van der Waals surface area (Å²) < 4.78 is 6.58. The molecule has 3 rings (SSSR count). The molecule has 0 radical (unpaired) electrons. The van der Waals surface area contributed by atoms with Crippen molar-refractivity contribution in [2.24, 2.45) is 5.92 Å². The molecule has 152 valence electrons. The third-order valence-corrected chi connectivity index (χ3v) is 6.51. The van der Waals surface area contributed by atoms with E-state index < -0.39 is 0 Å². The third kappa shape index (κ3) is 4.90. The van der Waals surface area contributed by atoms with Crippen LogP contribution in [0.15, 0.2) is 12.1 Å². The molecule has 0 saturated carbocycles. The third-order valence-electron chi connectivity index (χ3n) is 6.18. The highest BCUT2D eigenvalue weighted by Gasteiger charge is 2.43. The van der Waals surface area contributed by atoms with Gasteiger partial charge in [0.15, 0.2) is 0 Å². The van der Waals surface area contributed by atoms with E-state index in [1.54, 1.807) is 19.2 Å². The van der Waals surface area contributed by atoms with Gasteiger partial charge < -0.3 is 37.3 Å². The molecule has 3 N–H and O–H groups in total. The van der Waals surface area contributed by atoms with Crippen molar-refractivity contribution in [1.82, 2.24) is 5.32 Å². The highest BCUT2D eigenvalue weighted by atomic mass is 79.9. The van der Waals surface area contributed by atoms with Crippen molar-refractivity contribution < 1.29 is 31.0 Å². The molecule has 1 aromatic carbocycles. The van der Waals surface area contributed by atoms with E-state index in [1.165, 1.54) is 56.3 Å². The van der Waals surface area contributed by atoms with Gasteiger partial charge in [-0.15, -0.1) is 0 Å². The van der Waals surface area contributed by atoms with Crippen LogP contribution in [0, 0.1) is 5.92 Å². The first-order valence-corrected chi connectivity index (χ1v) is 10.1. The van der Waals surface area contributed by atoms with Gasteiger partial charge in [-0.05, 0) is 25.3 Å². The van der Waals surface area contributed by atoms with Crippen molar-refractivity contribution >= 4 is 23.2 Å². The number of hydrogen-bond donors (Lipinski definition) is 2. The highest BCUT2D eigenvalue weighted by Crippen LogP contribution is 2.34. The Balaban J connectivity index is 0.00000261. The van der Waals surface area contributed by atoms with Crippen LogP contribution < -0.4 is 32.8 Å². The van der Waals surface area contributed by atoms with E-state index in [9.17, 15) is 4.79 Å². The number of carbonyl (C=O) groups is 1. The number of anilines is 1. The molecule has 0 aliphatic carbocycles. The van der Waals surface area contributed by atoms with Crippen LogP contribution >= 0.6 is 11.6 Å². The molecule has 2 heterocycles. The van der Waals surface area contributed by atoms with Gasteiger partial charge in [0.05, 0.1) is 49.6 Å². The second kappa shape index (κ2) is 9.48. The van der Waals surface area contributed by atoms with Crippen LogP contribution in [0.1, 0.15) is 49.4 Å². The lowest BCUT2D eigenvalue weighted by atomic mass is 9.82. The minimum atomic E-state index is -0.118. The number of nitrogens with one attached hydrogen (secondary N) is 1. The van der Waals surface area contributed by atoms with Gasteiger partial charge >= 0.3 is 0 Å². The van der Waals surface area contributed by atoms with Crippen molar-refractivity contribution in [2.45, 2.75) is 45.1 Å². The standard InChI is InChI=1S/C20H30ClN3O2.BrH/c1-3-4-8-24-9-5-6-14(13-24)18(7-10-24)23-20(25)15-11-16(21)17(22)12-19(15)26-2;/h11-12,14,18H,3-10,13H2,1-2H3,(H2-,22,23,25);1H. The Kier molecular flexibility index (Phi) is 7.83. The van der Waals surface area contributed by atoms with Gasteiger partial charge in [0.25, 0.3) is 5.91 Å². The molecular weight excluding hydrogens is 430 g/mol. The number of hydrogen-bond acceptors (Lipinski definition) is 3. The summed E-state index contributed by atoms with van der Waals surface area (Å²) in [5.41, 5.74) is 6.70. The quantitative estimate of drug-likeness (QED) is 0.479. The molecule has 2 bridgehead atoms. The number of amides is 1. The molecule has 3 atom stereocenters. The Morgan fingerprint density at radius 3 is 2.85 bits per heavy atom. The SMILES string of the molecule is CCCC[N+]12CCCC(C1)C(NC(=O)c1cc(Cl)c(N)cc1OC)CC2.[Br-]. The Bertz CT molecular complexity index is 673. The summed E-state index contributed by atoms with van der Waals surface area (Å²) in [6.07, 6.45) is 6.06. The first-order chi connectivity index (χ1) is 12.5. The van der Waals surface area contributed by atoms with Crippen LogP contribution in [0.25, 0.3) is 0 Å². The first-order valence-electron chi connectivity index (χ1n) is 9.77. The number of piperidine rings is 2. The summed E-state index contributed by atoms with van der Waals surface area (Å²) in [5, 5.41) is 3.64. The summed E-state index contributed by atoms with van der Waals surface area (Å²) in [6.45, 7) is 7.22. The predicted molar refractivity (Wildman–Crippen MR) is 106 cm³/mol. The van der Waals surface area contributed by atoms with Gasteiger partial charge in [-0.2, -0.15) is 0 Å². The fourth-order valence-corrected chi connectivity index (χ4v) is 4.87.